The Morgan fingerprint density at radius 2 is 1.42 bits per heavy atom. The quantitative estimate of drug-likeness (QED) is 0.543. The van der Waals surface area contributed by atoms with Crippen LogP contribution in [-0.2, 0) is 5.41 Å². The molecule has 0 spiro atoms. The Bertz CT molecular complexity index is 699. The van der Waals surface area contributed by atoms with Gasteiger partial charge in [0.05, 0.1) is 0 Å². The van der Waals surface area contributed by atoms with Crippen LogP contribution in [0.5, 0.6) is 0 Å². The third kappa shape index (κ3) is 2.38. The van der Waals surface area contributed by atoms with Gasteiger partial charge in [0.1, 0.15) is 0 Å². The molecule has 0 aliphatic heterocycles. The number of fused-ring (bicyclic) bond motifs is 1. The summed E-state index contributed by atoms with van der Waals surface area (Å²) >= 11 is -0.221. The SMILES string of the molecule is CC(C)(C)c1[te]c2ccccc2c1-c1ccccc1. The van der Waals surface area contributed by atoms with Crippen LogP contribution in [0.2, 0.25) is 0 Å². The Balaban J connectivity index is 2.38. The second kappa shape index (κ2) is 4.82. The molecule has 2 aromatic carbocycles. The molecule has 0 radical (unpaired) electrons. The fourth-order valence-electron chi connectivity index (χ4n) is 2.46. The van der Waals surface area contributed by atoms with Gasteiger partial charge in [-0.05, 0) is 0 Å². The van der Waals surface area contributed by atoms with Gasteiger partial charge in [0.2, 0.25) is 0 Å². The summed E-state index contributed by atoms with van der Waals surface area (Å²) in [4.78, 5) is 0. The standard InChI is InChI=1S/C18H18Te/c1-18(2,3)17-16(13-9-5-4-6-10-13)14-11-7-8-12-15(14)19-17/h4-12H,1-3H3. The first-order chi connectivity index (χ1) is 9.07. The van der Waals surface area contributed by atoms with Gasteiger partial charge in [-0.3, -0.25) is 0 Å². The summed E-state index contributed by atoms with van der Waals surface area (Å²) in [6.45, 7) is 7.05. The molecule has 0 atom stereocenters. The van der Waals surface area contributed by atoms with Crippen LogP contribution in [0.3, 0.4) is 0 Å². The van der Waals surface area contributed by atoms with E-state index in [0.29, 0.717) is 0 Å². The summed E-state index contributed by atoms with van der Waals surface area (Å²) in [5, 5.41) is 1.47. The monoisotopic (exact) mass is 364 g/mol. The molecule has 96 valence electrons. The molecular formula is C18H18Te. The molecule has 19 heavy (non-hydrogen) atoms. The van der Waals surface area contributed by atoms with E-state index in [1.807, 2.05) is 0 Å². The fraction of sp³-hybridized carbons (Fsp3) is 0.222. The van der Waals surface area contributed by atoms with Crippen molar-refractivity contribution in [2.45, 2.75) is 26.2 Å². The van der Waals surface area contributed by atoms with Gasteiger partial charge in [-0.15, -0.1) is 0 Å². The van der Waals surface area contributed by atoms with Gasteiger partial charge in [-0.1, -0.05) is 0 Å². The molecule has 3 rings (SSSR count). The van der Waals surface area contributed by atoms with E-state index in [0.717, 1.165) is 0 Å². The van der Waals surface area contributed by atoms with Gasteiger partial charge in [0.15, 0.2) is 0 Å². The number of rotatable bonds is 1. The maximum absolute atomic E-state index is 2.35. The Morgan fingerprint density at radius 1 is 0.789 bits per heavy atom. The van der Waals surface area contributed by atoms with Crippen LogP contribution in [-0.4, -0.2) is 20.4 Å². The summed E-state index contributed by atoms with van der Waals surface area (Å²) < 4.78 is 3.28. The predicted molar refractivity (Wildman–Crippen MR) is 85.0 cm³/mol. The van der Waals surface area contributed by atoms with Crippen molar-refractivity contribution in [2.24, 2.45) is 0 Å². The Labute approximate surface area is 124 Å². The van der Waals surface area contributed by atoms with Gasteiger partial charge in [-0.2, -0.15) is 0 Å². The topological polar surface area (TPSA) is 0 Å². The molecule has 0 saturated heterocycles. The van der Waals surface area contributed by atoms with Gasteiger partial charge in [0.25, 0.3) is 0 Å². The van der Waals surface area contributed by atoms with Crippen molar-refractivity contribution in [1.82, 2.24) is 0 Å². The van der Waals surface area contributed by atoms with E-state index in [2.05, 4.69) is 75.4 Å². The number of benzene rings is 2. The Kier molecular flexibility index (Phi) is 3.29. The van der Waals surface area contributed by atoms with E-state index in [-0.39, 0.29) is 25.8 Å². The molecule has 0 amide bonds. The van der Waals surface area contributed by atoms with Crippen LogP contribution in [0.4, 0.5) is 0 Å². The summed E-state index contributed by atoms with van der Waals surface area (Å²) in [6.07, 6.45) is 0. The second-order valence-corrected chi connectivity index (χ2v) is 8.92. The number of hydrogen-bond acceptors (Lipinski definition) is 0. The molecule has 1 heterocycles. The average molecular weight is 362 g/mol. The Hall–Kier alpha value is -1.03. The predicted octanol–water partition coefficient (Wildman–Crippen LogP) is 4.86. The maximum atomic E-state index is 2.35. The van der Waals surface area contributed by atoms with Gasteiger partial charge in [-0.25, -0.2) is 0 Å². The molecule has 1 heteroatoms. The fourth-order valence-corrected chi connectivity index (χ4v) is 6.13. The zero-order valence-corrected chi connectivity index (χ0v) is 13.9. The molecule has 0 unspecified atom stereocenters. The summed E-state index contributed by atoms with van der Waals surface area (Å²) in [6, 6.07) is 19.8. The third-order valence-corrected chi connectivity index (χ3v) is 7.90. The van der Waals surface area contributed by atoms with E-state index in [4.69, 9.17) is 0 Å². The molecule has 0 aliphatic rings. The van der Waals surface area contributed by atoms with Crippen LogP contribution in [0.25, 0.3) is 19.9 Å². The first-order valence-electron chi connectivity index (χ1n) is 6.65. The van der Waals surface area contributed by atoms with E-state index in [1.165, 1.54) is 16.5 Å². The number of hydrogen-bond donors (Lipinski definition) is 0. The van der Waals surface area contributed by atoms with E-state index < -0.39 is 0 Å². The van der Waals surface area contributed by atoms with Crippen LogP contribution in [0.15, 0.2) is 54.6 Å². The molecule has 0 bridgehead atoms. The molecule has 0 aliphatic carbocycles. The van der Waals surface area contributed by atoms with Crippen molar-refractivity contribution in [3.8, 4) is 11.1 Å². The Morgan fingerprint density at radius 3 is 2.11 bits per heavy atom. The first kappa shape index (κ1) is 13.0. The molecule has 0 N–H and O–H groups in total. The van der Waals surface area contributed by atoms with Crippen molar-refractivity contribution in [1.29, 1.82) is 0 Å². The first-order valence-corrected chi connectivity index (χ1v) is 8.98. The molecular weight excluding hydrogens is 344 g/mol. The zero-order valence-electron chi connectivity index (χ0n) is 11.6. The minimum absolute atomic E-state index is 0.221. The van der Waals surface area contributed by atoms with E-state index in [1.54, 1.807) is 6.98 Å². The van der Waals surface area contributed by atoms with Crippen LogP contribution in [0, 0.1) is 0 Å². The van der Waals surface area contributed by atoms with Crippen molar-refractivity contribution in [2.75, 3.05) is 0 Å². The third-order valence-electron chi connectivity index (χ3n) is 3.34. The summed E-state index contributed by atoms with van der Waals surface area (Å²) in [5.74, 6) is 0. The molecule has 3 aromatic rings. The van der Waals surface area contributed by atoms with Gasteiger partial charge >= 0.3 is 125 Å². The van der Waals surface area contributed by atoms with Crippen LogP contribution in [0.1, 0.15) is 24.4 Å². The van der Waals surface area contributed by atoms with Crippen molar-refractivity contribution < 1.29 is 0 Å². The van der Waals surface area contributed by atoms with Crippen molar-refractivity contribution in [3.63, 3.8) is 0 Å². The molecule has 0 saturated carbocycles. The molecule has 0 nitrogen and oxygen atoms in total. The van der Waals surface area contributed by atoms with Crippen molar-refractivity contribution in [3.05, 3.63) is 58.2 Å². The van der Waals surface area contributed by atoms with Crippen LogP contribution < -0.4 is 0 Å². The van der Waals surface area contributed by atoms with Crippen molar-refractivity contribution >= 4 is 29.2 Å². The molecule has 1 aromatic heterocycles. The summed E-state index contributed by atoms with van der Waals surface area (Å²) in [5.41, 5.74) is 3.15. The zero-order chi connectivity index (χ0) is 13.5. The van der Waals surface area contributed by atoms with Gasteiger partial charge < -0.3 is 0 Å². The van der Waals surface area contributed by atoms with Gasteiger partial charge in [0, 0.05) is 0 Å². The summed E-state index contributed by atoms with van der Waals surface area (Å²) in [7, 11) is 0. The van der Waals surface area contributed by atoms with E-state index in [9.17, 15) is 0 Å². The minimum atomic E-state index is -0.221. The van der Waals surface area contributed by atoms with Crippen LogP contribution >= 0.6 is 0 Å². The van der Waals surface area contributed by atoms with E-state index >= 15 is 0 Å². The molecule has 0 fully saturated rings. The average Bonchev–Trinajstić information content (AvgIpc) is 2.79. The second-order valence-electron chi connectivity index (χ2n) is 5.92. The normalized spacial score (nSPS) is 11.9.